The second-order valence-corrected chi connectivity index (χ2v) is 8.34. The number of hydrogen-bond donors (Lipinski definition) is 3. The maximum atomic E-state index is 12.7. The molecule has 2 aliphatic carbocycles. The number of fused-ring (bicyclic) bond motifs is 3. The smallest absolute Gasteiger partial charge is 0.251 e. The summed E-state index contributed by atoms with van der Waals surface area (Å²) < 4.78 is 0. The quantitative estimate of drug-likeness (QED) is 0.640. The van der Waals surface area contributed by atoms with Gasteiger partial charge in [0.25, 0.3) is 5.91 Å². The average Bonchev–Trinajstić information content (AvgIpc) is 3.35. The summed E-state index contributed by atoms with van der Waals surface area (Å²) in [6.07, 6.45) is 7.41. The number of carbonyl (C=O) groups is 1. The fraction of sp³-hybridized carbons (Fsp3) is 0.333. The molecule has 5 rings (SSSR count). The van der Waals surface area contributed by atoms with Gasteiger partial charge in [0.1, 0.15) is 0 Å². The molecule has 1 aromatic carbocycles. The van der Waals surface area contributed by atoms with Gasteiger partial charge in [-0.05, 0) is 50.3 Å². The summed E-state index contributed by atoms with van der Waals surface area (Å²) in [6, 6.07) is 9.42. The molecule has 0 aliphatic heterocycles. The summed E-state index contributed by atoms with van der Waals surface area (Å²) in [4.78, 5) is 20.3. The van der Waals surface area contributed by atoms with E-state index >= 15 is 0 Å². The minimum absolute atomic E-state index is 0.0800. The molecular formula is C21H20ClN3O2. The summed E-state index contributed by atoms with van der Waals surface area (Å²) >= 11 is 6.18. The first kappa shape index (κ1) is 16.8. The van der Waals surface area contributed by atoms with E-state index in [9.17, 15) is 9.90 Å². The lowest BCUT2D eigenvalue weighted by molar-refractivity contribution is 0.0521. The third-order valence-corrected chi connectivity index (χ3v) is 6.44. The van der Waals surface area contributed by atoms with Gasteiger partial charge in [-0.1, -0.05) is 23.7 Å². The van der Waals surface area contributed by atoms with Crippen molar-refractivity contribution < 1.29 is 9.90 Å². The average molecular weight is 382 g/mol. The Morgan fingerprint density at radius 2 is 1.89 bits per heavy atom. The third kappa shape index (κ3) is 2.73. The van der Waals surface area contributed by atoms with Crippen molar-refractivity contribution in [2.45, 2.75) is 43.2 Å². The molecule has 2 aromatic heterocycles. The molecule has 6 heteroatoms. The van der Waals surface area contributed by atoms with Gasteiger partial charge in [-0.3, -0.25) is 9.78 Å². The maximum Gasteiger partial charge on any atom is 0.251 e. The molecule has 2 heterocycles. The van der Waals surface area contributed by atoms with Gasteiger partial charge in [0.2, 0.25) is 0 Å². The number of benzene rings is 1. The molecule has 2 fully saturated rings. The van der Waals surface area contributed by atoms with Crippen molar-refractivity contribution in [3.05, 3.63) is 53.3 Å². The lowest BCUT2D eigenvalue weighted by Gasteiger charge is -2.27. The number of H-pyrrole nitrogens is 1. The van der Waals surface area contributed by atoms with E-state index in [1.807, 2.05) is 36.5 Å². The van der Waals surface area contributed by atoms with Crippen LogP contribution in [0.2, 0.25) is 5.02 Å². The SMILES string of the molecule is O=C(NC12CCC(O)(CC1)C2)c1ccc(-c2ncc(Cl)c3[nH]ccc23)cc1. The van der Waals surface area contributed by atoms with Crippen LogP contribution in [0.5, 0.6) is 0 Å². The molecule has 0 spiro atoms. The number of halogens is 1. The predicted molar refractivity (Wildman–Crippen MR) is 105 cm³/mol. The van der Waals surface area contributed by atoms with E-state index in [1.54, 1.807) is 6.20 Å². The highest BCUT2D eigenvalue weighted by atomic mass is 35.5. The largest absolute Gasteiger partial charge is 0.390 e. The van der Waals surface area contributed by atoms with Gasteiger partial charge in [-0.15, -0.1) is 0 Å². The molecule has 5 nitrogen and oxygen atoms in total. The molecule has 138 valence electrons. The number of aromatic amines is 1. The van der Waals surface area contributed by atoms with Gasteiger partial charge in [0.15, 0.2) is 0 Å². The number of nitrogens with zero attached hydrogens (tertiary/aromatic N) is 1. The number of carbonyl (C=O) groups excluding carboxylic acids is 1. The first-order valence-electron chi connectivity index (χ1n) is 9.24. The number of nitrogens with one attached hydrogen (secondary N) is 2. The molecule has 2 bridgehead atoms. The van der Waals surface area contributed by atoms with Crippen molar-refractivity contribution in [3.63, 3.8) is 0 Å². The van der Waals surface area contributed by atoms with Crippen LogP contribution in [0.15, 0.2) is 42.7 Å². The van der Waals surface area contributed by atoms with Gasteiger partial charge in [-0.2, -0.15) is 0 Å². The van der Waals surface area contributed by atoms with Crippen LogP contribution in [-0.4, -0.2) is 32.1 Å². The predicted octanol–water partition coefficient (Wildman–Crippen LogP) is 4.06. The second kappa shape index (κ2) is 5.81. The summed E-state index contributed by atoms with van der Waals surface area (Å²) in [7, 11) is 0. The summed E-state index contributed by atoms with van der Waals surface area (Å²) in [6.45, 7) is 0. The maximum absolute atomic E-state index is 12.7. The Labute approximate surface area is 161 Å². The number of aromatic nitrogens is 2. The van der Waals surface area contributed by atoms with Gasteiger partial charge in [-0.25, -0.2) is 0 Å². The third-order valence-electron chi connectivity index (χ3n) is 6.15. The van der Waals surface area contributed by atoms with E-state index in [1.165, 1.54) is 0 Å². The Kier molecular flexibility index (Phi) is 3.61. The van der Waals surface area contributed by atoms with Crippen LogP contribution in [0.3, 0.4) is 0 Å². The van der Waals surface area contributed by atoms with E-state index in [4.69, 9.17) is 11.6 Å². The number of amides is 1. The van der Waals surface area contributed by atoms with Crippen molar-refractivity contribution >= 4 is 28.4 Å². The summed E-state index contributed by atoms with van der Waals surface area (Å²) in [5, 5.41) is 15.1. The van der Waals surface area contributed by atoms with Gasteiger partial charge in [0.05, 0.1) is 21.8 Å². The molecule has 3 aromatic rings. The normalized spacial score (nSPS) is 26.6. The van der Waals surface area contributed by atoms with Gasteiger partial charge >= 0.3 is 0 Å². The number of rotatable bonds is 3. The molecule has 27 heavy (non-hydrogen) atoms. The van der Waals surface area contributed by atoms with E-state index in [2.05, 4.69) is 15.3 Å². The molecule has 2 aliphatic rings. The molecule has 0 radical (unpaired) electrons. The summed E-state index contributed by atoms with van der Waals surface area (Å²) in [5.74, 6) is -0.0800. The van der Waals surface area contributed by atoms with Crippen LogP contribution in [0, 0.1) is 0 Å². The summed E-state index contributed by atoms with van der Waals surface area (Å²) in [5.41, 5.74) is 2.44. The Morgan fingerprint density at radius 1 is 1.15 bits per heavy atom. The van der Waals surface area contributed by atoms with Gasteiger partial charge < -0.3 is 15.4 Å². The topological polar surface area (TPSA) is 78.0 Å². The van der Waals surface area contributed by atoms with E-state index < -0.39 is 5.60 Å². The fourth-order valence-corrected chi connectivity index (χ4v) is 4.89. The van der Waals surface area contributed by atoms with Crippen molar-refractivity contribution in [2.24, 2.45) is 0 Å². The Hall–Kier alpha value is -2.37. The van der Waals surface area contributed by atoms with Crippen LogP contribution < -0.4 is 5.32 Å². The van der Waals surface area contributed by atoms with Crippen LogP contribution in [0.1, 0.15) is 42.5 Å². The zero-order valence-corrected chi connectivity index (χ0v) is 15.5. The molecule has 0 unspecified atom stereocenters. The Morgan fingerprint density at radius 3 is 2.56 bits per heavy atom. The van der Waals surface area contributed by atoms with Crippen LogP contribution >= 0.6 is 11.6 Å². The minimum Gasteiger partial charge on any atom is -0.390 e. The highest BCUT2D eigenvalue weighted by Crippen LogP contribution is 2.50. The van der Waals surface area contributed by atoms with Crippen LogP contribution in [0.25, 0.3) is 22.2 Å². The van der Waals surface area contributed by atoms with Crippen LogP contribution in [-0.2, 0) is 0 Å². The monoisotopic (exact) mass is 381 g/mol. The lowest BCUT2D eigenvalue weighted by Crippen LogP contribution is -2.45. The molecule has 0 saturated heterocycles. The number of pyridine rings is 1. The first-order valence-corrected chi connectivity index (χ1v) is 9.62. The van der Waals surface area contributed by atoms with Crippen molar-refractivity contribution in [2.75, 3.05) is 0 Å². The molecule has 0 atom stereocenters. The highest BCUT2D eigenvalue weighted by molar-refractivity contribution is 6.35. The fourth-order valence-electron chi connectivity index (χ4n) is 4.69. The zero-order chi connectivity index (χ0) is 18.6. The second-order valence-electron chi connectivity index (χ2n) is 7.93. The van der Waals surface area contributed by atoms with E-state index in [-0.39, 0.29) is 11.4 Å². The molecular weight excluding hydrogens is 362 g/mol. The molecule has 2 saturated carbocycles. The van der Waals surface area contributed by atoms with E-state index in [0.29, 0.717) is 17.0 Å². The minimum atomic E-state index is -0.570. The van der Waals surface area contributed by atoms with E-state index in [0.717, 1.165) is 47.8 Å². The number of hydrogen-bond acceptors (Lipinski definition) is 3. The first-order chi connectivity index (χ1) is 13.0. The van der Waals surface area contributed by atoms with Crippen molar-refractivity contribution in [1.82, 2.24) is 15.3 Å². The van der Waals surface area contributed by atoms with Gasteiger partial charge in [0, 0.05) is 34.4 Å². The van der Waals surface area contributed by atoms with Crippen molar-refractivity contribution in [1.29, 1.82) is 0 Å². The lowest BCUT2D eigenvalue weighted by atomic mass is 9.92. The Bertz CT molecular complexity index is 1030. The highest BCUT2D eigenvalue weighted by Gasteiger charge is 2.54. The zero-order valence-electron chi connectivity index (χ0n) is 14.8. The van der Waals surface area contributed by atoms with Crippen LogP contribution in [0.4, 0.5) is 0 Å². The van der Waals surface area contributed by atoms with Crippen molar-refractivity contribution in [3.8, 4) is 11.3 Å². The standard InChI is InChI=1S/C21H20ClN3O2/c22-16-11-24-17(15-5-10-23-18(15)16)13-1-3-14(4-2-13)19(26)25-20-6-8-21(27,12-20)9-7-20/h1-5,10-11,23,27H,6-9,12H2,(H,25,26). The Balaban J connectivity index is 1.39. The molecule has 1 amide bonds. The molecule has 3 N–H and O–H groups in total. The number of aliphatic hydroxyl groups is 1.